The van der Waals surface area contributed by atoms with E-state index in [-0.39, 0.29) is 35.7 Å². The Hall–Kier alpha value is -5.99. The van der Waals surface area contributed by atoms with Gasteiger partial charge in [0.25, 0.3) is 0 Å². The number of aromatic nitrogens is 5. The molecule has 7 rings (SSSR count). The number of nitrogens with one attached hydrogen (secondary N) is 4. The molecule has 4 amide bonds. The molecule has 0 aliphatic carbocycles. The zero-order valence-electron chi connectivity index (χ0n) is 34.0. The molecule has 306 valence electrons. The number of H-pyrrole nitrogens is 2. The summed E-state index contributed by atoms with van der Waals surface area (Å²) in [5.41, 5.74) is 4.90. The number of carbonyl (C=O) groups is 4. The van der Waals surface area contributed by atoms with Crippen molar-refractivity contribution >= 4 is 45.9 Å². The fraction of sp³-hybridized carbons (Fsp3) is 0.465. The number of likely N-dealkylation sites (tertiary alicyclic amines) is 2. The second-order valence-corrected chi connectivity index (χ2v) is 15.5. The van der Waals surface area contributed by atoms with Crippen LogP contribution in [0.5, 0.6) is 0 Å². The Labute approximate surface area is 337 Å². The van der Waals surface area contributed by atoms with Crippen molar-refractivity contribution in [3.63, 3.8) is 0 Å². The average Bonchev–Trinajstić information content (AvgIpc) is 4.09. The standard InChI is InChI=1S/C43H53N9O6/c1-7-24(3)35(48-42(55)57-5)40(53)51-19-9-11-33(51)38-44-23-32(47-38)29-16-14-26-21-28(15-13-27(26)22-29)30-17-18-31-37(45-30)50-39(46-31)34-12-10-20-52(34)41(54)36(25(4)8-2)49-43(56)58-6/h13-18,21-25,33-36H,7-12,19-20H2,1-6H3,(H,44,47)(H,48,55)(H,49,56)(H,45,46,50). The lowest BCUT2D eigenvalue weighted by atomic mass is 9.97. The van der Waals surface area contributed by atoms with Crippen LogP contribution >= 0.6 is 0 Å². The number of methoxy groups -OCH3 is 2. The largest absolute Gasteiger partial charge is 0.453 e. The predicted molar refractivity (Wildman–Crippen MR) is 219 cm³/mol. The highest BCUT2D eigenvalue weighted by atomic mass is 16.5. The van der Waals surface area contributed by atoms with E-state index >= 15 is 0 Å². The third-order valence-corrected chi connectivity index (χ3v) is 12.0. The van der Waals surface area contributed by atoms with E-state index in [1.807, 2.05) is 61.9 Å². The Morgan fingerprint density at radius 1 is 0.741 bits per heavy atom. The maximum Gasteiger partial charge on any atom is 0.407 e. The van der Waals surface area contributed by atoms with E-state index in [1.165, 1.54) is 14.2 Å². The predicted octanol–water partition coefficient (Wildman–Crippen LogP) is 7.04. The van der Waals surface area contributed by atoms with Gasteiger partial charge in [0.2, 0.25) is 11.8 Å². The van der Waals surface area contributed by atoms with Gasteiger partial charge < -0.3 is 39.9 Å². The van der Waals surface area contributed by atoms with Gasteiger partial charge in [0.05, 0.1) is 49.4 Å². The molecule has 0 saturated carbocycles. The molecule has 2 aliphatic heterocycles. The number of rotatable bonds is 12. The molecular formula is C43H53N9O6. The summed E-state index contributed by atoms with van der Waals surface area (Å²) in [5.74, 6) is 0.999. The molecule has 5 heterocycles. The second kappa shape index (κ2) is 17.2. The van der Waals surface area contributed by atoms with E-state index in [4.69, 9.17) is 24.4 Å². The van der Waals surface area contributed by atoms with Crippen molar-refractivity contribution in [3.8, 4) is 22.5 Å². The van der Waals surface area contributed by atoms with Crippen LogP contribution in [0.2, 0.25) is 0 Å². The topological polar surface area (TPSA) is 188 Å². The number of amides is 4. The van der Waals surface area contributed by atoms with Crippen LogP contribution in [0.1, 0.15) is 90.0 Å². The van der Waals surface area contributed by atoms with E-state index < -0.39 is 24.3 Å². The fourth-order valence-electron chi connectivity index (χ4n) is 8.18. The third kappa shape index (κ3) is 8.07. The van der Waals surface area contributed by atoms with Crippen LogP contribution in [-0.4, -0.2) is 98.1 Å². The molecule has 2 aromatic carbocycles. The Kier molecular flexibility index (Phi) is 12.0. The first-order valence-corrected chi connectivity index (χ1v) is 20.3. The first-order chi connectivity index (χ1) is 28.0. The number of pyridine rings is 1. The molecular weight excluding hydrogens is 739 g/mol. The first kappa shape index (κ1) is 40.2. The minimum atomic E-state index is -0.695. The lowest BCUT2D eigenvalue weighted by Gasteiger charge is -2.30. The van der Waals surface area contributed by atoms with Crippen LogP contribution in [-0.2, 0) is 19.1 Å². The van der Waals surface area contributed by atoms with Gasteiger partial charge in [0.15, 0.2) is 5.65 Å². The molecule has 3 aromatic heterocycles. The maximum atomic E-state index is 13.8. The molecule has 58 heavy (non-hydrogen) atoms. The van der Waals surface area contributed by atoms with Crippen LogP contribution in [0.25, 0.3) is 44.5 Å². The van der Waals surface area contributed by atoms with Gasteiger partial charge in [-0.15, -0.1) is 0 Å². The van der Waals surface area contributed by atoms with Crippen molar-refractivity contribution in [2.24, 2.45) is 11.8 Å². The van der Waals surface area contributed by atoms with Gasteiger partial charge in [-0.25, -0.2) is 24.5 Å². The number of imidazole rings is 2. The molecule has 15 nitrogen and oxygen atoms in total. The molecule has 0 bridgehead atoms. The maximum absolute atomic E-state index is 13.8. The van der Waals surface area contributed by atoms with Gasteiger partial charge in [-0.2, -0.15) is 0 Å². The quantitative estimate of drug-likeness (QED) is 0.103. The van der Waals surface area contributed by atoms with Crippen molar-refractivity contribution in [2.45, 2.75) is 90.4 Å². The van der Waals surface area contributed by atoms with Gasteiger partial charge in [0, 0.05) is 24.2 Å². The fourth-order valence-corrected chi connectivity index (χ4v) is 8.18. The number of fused-ring (bicyclic) bond motifs is 2. The van der Waals surface area contributed by atoms with Crippen LogP contribution in [0.3, 0.4) is 0 Å². The Balaban J connectivity index is 1.07. The molecule has 2 saturated heterocycles. The molecule has 0 radical (unpaired) electrons. The summed E-state index contributed by atoms with van der Waals surface area (Å²) in [6.07, 6.45) is 5.22. The van der Waals surface area contributed by atoms with E-state index in [0.29, 0.717) is 24.6 Å². The zero-order chi connectivity index (χ0) is 41.1. The summed E-state index contributed by atoms with van der Waals surface area (Å²) in [6.45, 7) is 9.06. The highest BCUT2D eigenvalue weighted by Gasteiger charge is 2.39. The van der Waals surface area contributed by atoms with Crippen molar-refractivity contribution < 1.29 is 28.7 Å². The normalized spacial score (nSPS) is 18.9. The molecule has 2 fully saturated rings. The van der Waals surface area contributed by atoms with Crippen molar-refractivity contribution in [1.82, 2.24) is 45.4 Å². The van der Waals surface area contributed by atoms with Gasteiger partial charge in [0.1, 0.15) is 23.7 Å². The van der Waals surface area contributed by atoms with Crippen LogP contribution < -0.4 is 10.6 Å². The molecule has 0 spiro atoms. The number of nitrogens with zero attached hydrogens (tertiary/aromatic N) is 5. The van der Waals surface area contributed by atoms with Crippen LogP contribution in [0, 0.1) is 11.8 Å². The summed E-state index contributed by atoms with van der Waals surface area (Å²) in [4.78, 5) is 76.8. The van der Waals surface area contributed by atoms with Gasteiger partial charge in [-0.05, 0) is 72.6 Å². The van der Waals surface area contributed by atoms with Gasteiger partial charge >= 0.3 is 12.2 Å². The smallest absolute Gasteiger partial charge is 0.407 e. The van der Waals surface area contributed by atoms with E-state index in [2.05, 4.69) is 50.9 Å². The number of aromatic amines is 2. The highest BCUT2D eigenvalue weighted by Crippen LogP contribution is 2.35. The number of alkyl carbamates (subject to hydrolysis) is 2. The van der Waals surface area contributed by atoms with Crippen LogP contribution in [0.4, 0.5) is 9.59 Å². The third-order valence-electron chi connectivity index (χ3n) is 12.0. The Morgan fingerprint density at radius 3 is 1.86 bits per heavy atom. The van der Waals surface area contributed by atoms with Gasteiger partial charge in [-0.3, -0.25) is 9.59 Å². The SMILES string of the molecule is CCC(C)C(NC(=O)OC)C(=O)N1CCCC1c1ncc(-c2ccc3cc(-c4ccc5[nH]c(C6CCCN6C(=O)C(NC(=O)OC)C(C)CC)nc5n4)ccc3c2)[nH]1. The van der Waals surface area contributed by atoms with Crippen molar-refractivity contribution in [2.75, 3.05) is 27.3 Å². The van der Waals surface area contributed by atoms with Crippen molar-refractivity contribution in [1.29, 1.82) is 0 Å². The minimum Gasteiger partial charge on any atom is -0.453 e. The molecule has 4 N–H and O–H groups in total. The van der Waals surface area contributed by atoms with Crippen LogP contribution in [0.15, 0.2) is 54.7 Å². The van der Waals surface area contributed by atoms with E-state index in [9.17, 15) is 19.2 Å². The van der Waals surface area contributed by atoms with Gasteiger partial charge in [-0.1, -0.05) is 64.8 Å². The Bertz CT molecular complexity index is 2300. The summed E-state index contributed by atoms with van der Waals surface area (Å²) in [6, 6.07) is 14.6. The minimum absolute atomic E-state index is 0.0609. The number of ether oxygens (including phenoxy) is 2. The summed E-state index contributed by atoms with van der Waals surface area (Å²) in [7, 11) is 2.59. The monoisotopic (exact) mass is 791 g/mol. The van der Waals surface area contributed by atoms with E-state index in [1.54, 1.807) is 0 Å². The lowest BCUT2D eigenvalue weighted by Crippen LogP contribution is -2.51. The number of hydrogen-bond donors (Lipinski definition) is 4. The Morgan fingerprint density at radius 2 is 1.29 bits per heavy atom. The number of hydrogen-bond acceptors (Lipinski definition) is 9. The zero-order valence-corrected chi connectivity index (χ0v) is 34.0. The number of benzene rings is 2. The average molecular weight is 792 g/mol. The van der Waals surface area contributed by atoms with E-state index in [0.717, 1.165) is 83.2 Å². The number of carbonyl (C=O) groups excluding carboxylic acids is 4. The molecule has 15 heteroatoms. The second-order valence-electron chi connectivity index (χ2n) is 15.5. The molecule has 2 aliphatic rings. The molecule has 5 aromatic rings. The summed E-state index contributed by atoms with van der Waals surface area (Å²) >= 11 is 0. The lowest BCUT2D eigenvalue weighted by molar-refractivity contribution is -0.136. The summed E-state index contributed by atoms with van der Waals surface area (Å²) in [5, 5.41) is 7.59. The van der Waals surface area contributed by atoms with Crippen molar-refractivity contribution in [3.05, 3.63) is 66.4 Å². The molecule has 6 unspecified atom stereocenters. The first-order valence-electron chi connectivity index (χ1n) is 20.3. The summed E-state index contributed by atoms with van der Waals surface area (Å²) < 4.78 is 9.62. The molecule has 6 atom stereocenters. The highest BCUT2D eigenvalue weighted by molar-refractivity contribution is 5.91.